The molecule has 3 heteroatoms. The molecule has 0 N–H and O–H groups in total. The monoisotopic (exact) mass is 300 g/mol. The average molecular weight is 300 g/mol. The highest BCUT2D eigenvalue weighted by molar-refractivity contribution is 8.17. The molecule has 1 aromatic rings. The van der Waals surface area contributed by atoms with Crippen LogP contribution >= 0.6 is 23.3 Å². The van der Waals surface area contributed by atoms with E-state index in [4.69, 9.17) is 0 Å². The van der Waals surface area contributed by atoms with Crippen LogP contribution in [0.5, 0.6) is 0 Å². The lowest BCUT2D eigenvalue weighted by atomic mass is 9.91. The standard InChI is InChI=1S/C15H27P3/c1-13-15(17-18-16-13)14-11-9-7-5-3-2-4-6-8-10-12-14/h14,18H,2-12H2,1H3. The summed E-state index contributed by atoms with van der Waals surface area (Å²) in [5, 5.41) is 3.58. The summed E-state index contributed by atoms with van der Waals surface area (Å²) in [5.74, 6) is 0.952. The summed E-state index contributed by atoms with van der Waals surface area (Å²) >= 11 is 0. The van der Waals surface area contributed by atoms with E-state index in [1.807, 2.05) is 5.30 Å². The molecule has 0 bridgehead atoms. The van der Waals surface area contributed by atoms with Gasteiger partial charge in [0.25, 0.3) is 0 Å². The van der Waals surface area contributed by atoms with Crippen LogP contribution < -0.4 is 0 Å². The maximum absolute atomic E-state index is 2.39. The number of hydrogen-bond acceptors (Lipinski definition) is 0. The molecular formula is C15H27P3. The molecule has 102 valence electrons. The molecule has 0 radical (unpaired) electrons. The normalized spacial score (nSPS) is 22.5. The minimum atomic E-state index is 0.952. The molecule has 0 saturated heterocycles. The molecule has 1 atom stereocenters. The van der Waals surface area contributed by atoms with Crippen molar-refractivity contribution in [3.8, 4) is 0 Å². The molecule has 1 aliphatic carbocycles. The Morgan fingerprint density at radius 3 is 1.72 bits per heavy atom. The van der Waals surface area contributed by atoms with Gasteiger partial charge in [0, 0.05) is 0 Å². The molecule has 0 nitrogen and oxygen atoms in total. The maximum Gasteiger partial charge on any atom is -0.00573 e. The quantitative estimate of drug-likeness (QED) is 0.501. The third-order valence-corrected chi connectivity index (χ3v) is 10.3. The van der Waals surface area contributed by atoms with E-state index in [1.54, 1.807) is 21.0 Å². The SMILES string of the molecule is Cc1p[pH]pc1C1CCCCCCCCCCC1. The largest absolute Gasteiger partial charge is 0.0813 e. The van der Waals surface area contributed by atoms with Crippen LogP contribution in [0.25, 0.3) is 0 Å². The highest BCUT2D eigenvalue weighted by Gasteiger charge is 2.15. The van der Waals surface area contributed by atoms with Crippen molar-refractivity contribution in [3.63, 3.8) is 0 Å². The predicted octanol–water partition coefficient (Wildman–Crippen LogP) is 7.57. The van der Waals surface area contributed by atoms with E-state index >= 15 is 0 Å². The highest BCUT2D eigenvalue weighted by atomic mass is 32.1. The predicted molar refractivity (Wildman–Crippen MR) is 89.2 cm³/mol. The van der Waals surface area contributed by atoms with Crippen LogP contribution in [0.2, 0.25) is 0 Å². The summed E-state index contributed by atoms with van der Waals surface area (Å²) < 4.78 is 0. The molecule has 1 heterocycles. The third kappa shape index (κ3) is 4.96. The van der Waals surface area contributed by atoms with Crippen molar-refractivity contribution < 1.29 is 0 Å². The summed E-state index contributed by atoms with van der Waals surface area (Å²) in [5.41, 5.74) is 0. The lowest BCUT2D eigenvalue weighted by Gasteiger charge is -2.17. The molecule has 18 heavy (non-hydrogen) atoms. The maximum atomic E-state index is 2.39. The zero-order valence-electron chi connectivity index (χ0n) is 11.7. The lowest BCUT2D eigenvalue weighted by Crippen LogP contribution is -1.99. The minimum absolute atomic E-state index is 0.952. The van der Waals surface area contributed by atoms with Gasteiger partial charge < -0.3 is 0 Å². The fourth-order valence-electron chi connectivity index (χ4n) is 3.12. The van der Waals surface area contributed by atoms with Crippen molar-refractivity contribution >= 4 is 23.3 Å². The van der Waals surface area contributed by atoms with E-state index in [0.717, 1.165) is 13.5 Å². The third-order valence-electron chi connectivity index (χ3n) is 4.25. The van der Waals surface area contributed by atoms with Gasteiger partial charge in [-0.2, -0.15) is 0 Å². The zero-order chi connectivity index (χ0) is 12.6. The highest BCUT2D eigenvalue weighted by Crippen LogP contribution is 2.47. The molecule has 1 aliphatic rings. The average Bonchev–Trinajstić information content (AvgIpc) is 2.76. The van der Waals surface area contributed by atoms with Gasteiger partial charge in [-0.1, -0.05) is 65.3 Å². The van der Waals surface area contributed by atoms with Crippen LogP contribution in [-0.4, -0.2) is 0 Å². The molecular weight excluding hydrogens is 273 g/mol. The van der Waals surface area contributed by atoms with Crippen molar-refractivity contribution in [3.05, 3.63) is 10.6 Å². The Kier molecular flexibility index (Phi) is 7.30. The molecule has 0 amide bonds. The number of aryl methyl sites for hydroxylation is 1. The zero-order valence-corrected chi connectivity index (χ0v) is 14.5. The Balaban J connectivity index is 1.91. The Morgan fingerprint density at radius 1 is 0.778 bits per heavy atom. The summed E-state index contributed by atoms with van der Waals surface area (Å²) in [7, 11) is 4.49. The van der Waals surface area contributed by atoms with Gasteiger partial charge in [0.1, 0.15) is 0 Å². The molecule has 0 spiro atoms. The summed E-state index contributed by atoms with van der Waals surface area (Å²) in [6.45, 7) is 2.39. The molecule has 2 rings (SSSR count). The van der Waals surface area contributed by atoms with Crippen molar-refractivity contribution in [2.75, 3.05) is 0 Å². The second kappa shape index (κ2) is 8.74. The van der Waals surface area contributed by atoms with Crippen molar-refractivity contribution in [2.45, 2.75) is 83.5 Å². The van der Waals surface area contributed by atoms with Crippen LogP contribution in [-0.2, 0) is 0 Å². The Hall–Kier alpha value is 0.640. The number of hydrogen-bond donors (Lipinski definition) is 0. The van der Waals surface area contributed by atoms with E-state index in [0.29, 0.717) is 0 Å². The van der Waals surface area contributed by atoms with E-state index < -0.39 is 0 Å². The van der Waals surface area contributed by atoms with Crippen LogP contribution in [0.15, 0.2) is 0 Å². The first kappa shape index (κ1) is 15.0. The van der Waals surface area contributed by atoms with E-state index in [2.05, 4.69) is 6.92 Å². The van der Waals surface area contributed by atoms with Crippen molar-refractivity contribution in [1.29, 1.82) is 0 Å². The molecule has 0 aliphatic heterocycles. The van der Waals surface area contributed by atoms with Gasteiger partial charge in [-0.25, -0.2) is 0 Å². The van der Waals surface area contributed by atoms with Gasteiger partial charge in [-0.05, 0) is 52.0 Å². The lowest BCUT2D eigenvalue weighted by molar-refractivity contribution is 0.470. The van der Waals surface area contributed by atoms with Gasteiger partial charge in [0.05, 0.1) is 0 Å². The summed E-state index contributed by atoms with van der Waals surface area (Å²) in [6.07, 6.45) is 16.4. The fraction of sp³-hybridized carbons (Fsp3) is 0.867. The molecule has 1 saturated carbocycles. The second-order valence-corrected chi connectivity index (χ2v) is 11.3. The van der Waals surface area contributed by atoms with E-state index in [-0.39, 0.29) is 0 Å². The topological polar surface area (TPSA) is 0 Å². The molecule has 0 aromatic carbocycles. The number of rotatable bonds is 1. The van der Waals surface area contributed by atoms with Crippen LogP contribution in [0.1, 0.15) is 87.1 Å². The first-order chi connectivity index (χ1) is 8.88. The van der Waals surface area contributed by atoms with E-state index in [1.165, 1.54) is 70.6 Å². The molecule has 1 unspecified atom stereocenters. The van der Waals surface area contributed by atoms with Gasteiger partial charge in [-0.15, -0.1) is 0 Å². The van der Waals surface area contributed by atoms with Gasteiger partial charge in [0.2, 0.25) is 0 Å². The minimum Gasteiger partial charge on any atom is -0.0813 e. The first-order valence-electron chi connectivity index (χ1n) is 7.75. The van der Waals surface area contributed by atoms with Crippen LogP contribution in [0.3, 0.4) is 0 Å². The Labute approximate surface area is 117 Å². The van der Waals surface area contributed by atoms with Crippen LogP contribution in [0.4, 0.5) is 0 Å². The van der Waals surface area contributed by atoms with Gasteiger partial charge in [-0.3, -0.25) is 0 Å². The fourth-order valence-corrected chi connectivity index (χ4v) is 10.3. The summed E-state index contributed by atoms with van der Waals surface area (Å²) in [4.78, 5) is 0. The second-order valence-electron chi connectivity index (χ2n) is 5.75. The molecule has 1 aromatic heterocycles. The Morgan fingerprint density at radius 2 is 1.28 bits per heavy atom. The van der Waals surface area contributed by atoms with Crippen molar-refractivity contribution in [2.24, 2.45) is 0 Å². The van der Waals surface area contributed by atoms with Crippen molar-refractivity contribution in [1.82, 2.24) is 0 Å². The first-order valence-corrected chi connectivity index (χ1v) is 12.2. The summed E-state index contributed by atoms with van der Waals surface area (Å²) in [6, 6.07) is 0. The smallest absolute Gasteiger partial charge is 0.00573 e. The van der Waals surface area contributed by atoms with Gasteiger partial charge >= 0.3 is 0 Å². The van der Waals surface area contributed by atoms with Crippen LogP contribution in [0, 0.1) is 6.92 Å². The van der Waals surface area contributed by atoms with Gasteiger partial charge in [0.15, 0.2) is 0 Å². The van der Waals surface area contributed by atoms with E-state index in [9.17, 15) is 0 Å². The molecule has 1 fully saturated rings. The Bertz CT molecular complexity index is 320.